The largest absolute Gasteiger partial charge is 0.482 e. The third-order valence-corrected chi connectivity index (χ3v) is 7.40. The second-order valence-electron chi connectivity index (χ2n) is 13.4. The minimum atomic E-state index is -0.267. The molecule has 0 radical (unpaired) electrons. The molecule has 0 N–H and O–H groups in total. The van der Waals surface area contributed by atoms with Crippen molar-refractivity contribution in [2.45, 2.75) is 105 Å². The zero-order valence-electron chi connectivity index (χ0n) is 21.8. The summed E-state index contributed by atoms with van der Waals surface area (Å²) in [6.07, 6.45) is 6.70. The Morgan fingerprint density at radius 1 is 0.969 bits per heavy atom. The summed E-state index contributed by atoms with van der Waals surface area (Å²) in [5, 5.41) is 0. The van der Waals surface area contributed by atoms with Crippen LogP contribution in [0.3, 0.4) is 0 Å². The molecule has 2 fully saturated rings. The number of ether oxygens (including phenoxy) is 2. The fraction of sp³-hybridized carbons (Fsp3) is 0.759. The van der Waals surface area contributed by atoms with Crippen LogP contribution in [0.1, 0.15) is 105 Å². The van der Waals surface area contributed by atoms with Gasteiger partial charge in [0.2, 0.25) is 0 Å². The Morgan fingerprint density at radius 2 is 1.53 bits per heavy atom. The van der Waals surface area contributed by atoms with Crippen LogP contribution in [0, 0.1) is 28.6 Å². The van der Waals surface area contributed by atoms with Gasteiger partial charge in [-0.3, -0.25) is 0 Å². The first kappa shape index (κ1) is 25.1. The van der Waals surface area contributed by atoms with Gasteiger partial charge in [-0.05, 0) is 90.7 Å². The van der Waals surface area contributed by atoms with Gasteiger partial charge in [0.25, 0.3) is 0 Å². The molecule has 2 aliphatic carbocycles. The van der Waals surface area contributed by atoms with E-state index in [1.807, 2.05) is 12.1 Å². The van der Waals surface area contributed by atoms with Gasteiger partial charge < -0.3 is 9.47 Å². The van der Waals surface area contributed by atoms with Crippen LogP contribution in [0.2, 0.25) is 0 Å². The SMILES string of the molecule is CC1CC2CC(C)CC(OC(=O)COc3ccc(C(CC(C)(C)C)C(C)(C)C)cc3)(C1)C2. The zero-order valence-corrected chi connectivity index (χ0v) is 21.8. The molecule has 3 heteroatoms. The van der Waals surface area contributed by atoms with Gasteiger partial charge in [-0.25, -0.2) is 4.79 Å². The number of hydrogen-bond donors (Lipinski definition) is 0. The van der Waals surface area contributed by atoms with E-state index in [0.29, 0.717) is 23.7 Å². The van der Waals surface area contributed by atoms with Crippen molar-refractivity contribution in [2.24, 2.45) is 28.6 Å². The van der Waals surface area contributed by atoms with Gasteiger partial charge in [0.15, 0.2) is 6.61 Å². The van der Waals surface area contributed by atoms with Crippen LogP contribution in [0.25, 0.3) is 0 Å². The molecular weight excluding hydrogens is 396 g/mol. The van der Waals surface area contributed by atoms with Crippen molar-refractivity contribution in [1.82, 2.24) is 0 Å². The van der Waals surface area contributed by atoms with Crippen LogP contribution >= 0.6 is 0 Å². The highest BCUT2D eigenvalue weighted by molar-refractivity contribution is 5.71. The van der Waals surface area contributed by atoms with Crippen LogP contribution in [0.15, 0.2) is 24.3 Å². The first-order valence-corrected chi connectivity index (χ1v) is 12.7. The van der Waals surface area contributed by atoms with Crippen LogP contribution in [-0.4, -0.2) is 18.2 Å². The highest BCUT2D eigenvalue weighted by atomic mass is 16.6. The minimum Gasteiger partial charge on any atom is -0.482 e. The number of carbonyl (C=O) groups excluding carboxylic acids is 1. The number of hydrogen-bond acceptors (Lipinski definition) is 3. The molecule has 3 rings (SSSR count). The molecule has 1 aromatic carbocycles. The van der Waals surface area contributed by atoms with Gasteiger partial charge in [0.05, 0.1) is 0 Å². The van der Waals surface area contributed by atoms with Gasteiger partial charge in [-0.15, -0.1) is 0 Å². The molecule has 2 bridgehead atoms. The normalized spacial score (nSPS) is 29.3. The maximum absolute atomic E-state index is 12.7. The molecule has 0 amide bonds. The Morgan fingerprint density at radius 3 is 2.03 bits per heavy atom. The van der Waals surface area contributed by atoms with Crippen LogP contribution in [-0.2, 0) is 9.53 Å². The highest BCUT2D eigenvalue weighted by Crippen LogP contribution is 2.49. The Labute approximate surface area is 196 Å². The molecule has 32 heavy (non-hydrogen) atoms. The number of benzene rings is 1. The summed E-state index contributed by atoms with van der Waals surface area (Å²) in [6.45, 7) is 18.4. The van der Waals surface area contributed by atoms with E-state index in [1.165, 1.54) is 18.4 Å². The fourth-order valence-electron chi connectivity index (χ4n) is 6.48. The second kappa shape index (κ2) is 9.39. The van der Waals surface area contributed by atoms with Crippen molar-refractivity contribution < 1.29 is 14.3 Å². The van der Waals surface area contributed by atoms with E-state index in [-0.39, 0.29) is 29.0 Å². The Bertz CT molecular complexity index is 746. The standard InChI is InChI=1S/C29H46O3/c1-20-13-22-14-21(2)16-29(15-20,17-22)32-26(30)19-31-24-11-9-23(10-12-24)25(28(6,7)8)18-27(3,4)5/h9-12,20-22,25H,13-19H2,1-8H3. The molecule has 0 aliphatic heterocycles. The van der Waals surface area contributed by atoms with E-state index in [4.69, 9.17) is 9.47 Å². The van der Waals surface area contributed by atoms with Gasteiger partial charge in [-0.2, -0.15) is 0 Å². The third kappa shape index (κ3) is 6.75. The van der Waals surface area contributed by atoms with Gasteiger partial charge >= 0.3 is 5.97 Å². The van der Waals surface area contributed by atoms with Crippen molar-refractivity contribution in [3.8, 4) is 5.75 Å². The zero-order chi connectivity index (χ0) is 23.7. The molecule has 2 saturated carbocycles. The van der Waals surface area contributed by atoms with Crippen LogP contribution in [0.5, 0.6) is 5.75 Å². The molecule has 2 aliphatic rings. The lowest BCUT2D eigenvalue weighted by molar-refractivity contribution is -0.177. The Hall–Kier alpha value is -1.51. The lowest BCUT2D eigenvalue weighted by Crippen LogP contribution is -2.48. The van der Waals surface area contributed by atoms with Gasteiger partial charge in [-0.1, -0.05) is 67.5 Å². The van der Waals surface area contributed by atoms with E-state index in [0.717, 1.165) is 31.4 Å². The average molecular weight is 443 g/mol. The van der Waals surface area contributed by atoms with Crippen molar-refractivity contribution >= 4 is 5.97 Å². The van der Waals surface area contributed by atoms with E-state index >= 15 is 0 Å². The fourth-order valence-corrected chi connectivity index (χ4v) is 6.48. The Kier molecular flexibility index (Phi) is 7.37. The lowest BCUT2D eigenvalue weighted by Gasteiger charge is -2.49. The quantitative estimate of drug-likeness (QED) is 0.422. The summed E-state index contributed by atoms with van der Waals surface area (Å²) in [5.74, 6) is 2.94. The van der Waals surface area contributed by atoms with Crippen molar-refractivity contribution in [3.63, 3.8) is 0 Å². The Balaban J connectivity index is 1.59. The molecule has 3 unspecified atom stereocenters. The number of rotatable bonds is 6. The first-order chi connectivity index (χ1) is 14.7. The summed E-state index contributed by atoms with van der Waals surface area (Å²) in [4.78, 5) is 12.7. The van der Waals surface area contributed by atoms with Crippen molar-refractivity contribution in [2.75, 3.05) is 6.61 Å². The molecule has 180 valence electrons. The molecule has 0 heterocycles. The topological polar surface area (TPSA) is 35.5 Å². The second-order valence-corrected chi connectivity index (χ2v) is 13.4. The average Bonchev–Trinajstić information content (AvgIpc) is 2.62. The van der Waals surface area contributed by atoms with E-state index in [1.54, 1.807) is 0 Å². The van der Waals surface area contributed by atoms with Crippen molar-refractivity contribution in [1.29, 1.82) is 0 Å². The minimum absolute atomic E-state index is 0.0147. The maximum atomic E-state index is 12.7. The molecule has 0 spiro atoms. The molecule has 1 aromatic rings. The number of esters is 1. The monoisotopic (exact) mass is 442 g/mol. The lowest BCUT2D eigenvalue weighted by atomic mass is 9.63. The summed E-state index contributed by atoms with van der Waals surface area (Å²) >= 11 is 0. The highest BCUT2D eigenvalue weighted by Gasteiger charge is 2.47. The summed E-state index contributed by atoms with van der Waals surface area (Å²) in [7, 11) is 0. The number of carbonyl (C=O) groups is 1. The van der Waals surface area contributed by atoms with E-state index in [2.05, 4.69) is 67.5 Å². The predicted molar refractivity (Wildman–Crippen MR) is 132 cm³/mol. The smallest absolute Gasteiger partial charge is 0.344 e. The first-order valence-electron chi connectivity index (χ1n) is 12.7. The molecule has 0 aromatic heterocycles. The third-order valence-electron chi connectivity index (χ3n) is 7.40. The summed E-state index contributed by atoms with van der Waals surface area (Å²) in [5.41, 5.74) is 1.52. The van der Waals surface area contributed by atoms with Crippen molar-refractivity contribution in [3.05, 3.63) is 29.8 Å². The van der Waals surface area contributed by atoms with Crippen LogP contribution < -0.4 is 4.74 Å². The molecule has 0 saturated heterocycles. The molecule has 3 atom stereocenters. The predicted octanol–water partition coefficient (Wildman–Crippen LogP) is 7.78. The summed E-state index contributed by atoms with van der Waals surface area (Å²) < 4.78 is 12.0. The molecular formula is C29H46O3. The van der Waals surface area contributed by atoms with Gasteiger partial charge in [0, 0.05) is 0 Å². The van der Waals surface area contributed by atoms with E-state index < -0.39 is 0 Å². The number of fused-ring (bicyclic) bond motifs is 2. The van der Waals surface area contributed by atoms with Gasteiger partial charge in [0.1, 0.15) is 11.4 Å². The molecule has 3 nitrogen and oxygen atoms in total. The summed E-state index contributed by atoms with van der Waals surface area (Å²) in [6, 6.07) is 8.34. The maximum Gasteiger partial charge on any atom is 0.344 e. The van der Waals surface area contributed by atoms with Crippen LogP contribution in [0.4, 0.5) is 0 Å². The van der Waals surface area contributed by atoms with E-state index in [9.17, 15) is 4.79 Å².